The van der Waals surface area contributed by atoms with Crippen molar-refractivity contribution in [2.45, 2.75) is 18.5 Å². The highest BCUT2D eigenvalue weighted by Gasteiger charge is 2.34. The molecule has 1 amide bonds. The summed E-state index contributed by atoms with van der Waals surface area (Å²) in [7, 11) is 0. The zero-order valence-electron chi connectivity index (χ0n) is 18.0. The number of carboxylic acid groups (broad SMARTS) is 1. The molecule has 34 heavy (non-hydrogen) atoms. The van der Waals surface area contributed by atoms with Crippen molar-refractivity contribution >= 4 is 12.1 Å². The van der Waals surface area contributed by atoms with Gasteiger partial charge < -0.3 is 15.2 Å². The zero-order chi connectivity index (χ0) is 24.3. The summed E-state index contributed by atoms with van der Waals surface area (Å²) in [6, 6.07) is 20.5. The number of alkyl carbamates (subject to hydrolysis) is 1. The Balaban J connectivity index is 1.39. The lowest BCUT2D eigenvalue weighted by Crippen LogP contribution is -2.35. The van der Waals surface area contributed by atoms with Gasteiger partial charge in [0.1, 0.15) is 6.61 Å². The van der Waals surface area contributed by atoms with Crippen LogP contribution in [0.1, 0.15) is 28.2 Å². The van der Waals surface area contributed by atoms with E-state index < -0.39 is 29.7 Å². The molecule has 0 saturated carbocycles. The molecule has 5 nitrogen and oxygen atoms in total. The van der Waals surface area contributed by atoms with Gasteiger partial charge in [0.25, 0.3) is 0 Å². The van der Waals surface area contributed by atoms with Crippen LogP contribution < -0.4 is 5.32 Å². The molecule has 0 aromatic heterocycles. The second-order valence-electron chi connectivity index (χ2n) is 8.10. The highest BCUT2D eigenvalue weighted by molar-refractivity contribution is 5.79. The third-order valence-electron chi connectivity index (χ3n) is 5.97. The van der Waals surface area contributed by atoms with Crippen LogP contribution in [0.15, 0.2) is 72.8 Å². The van der Waals surface area contributed by atoms with Crippen molar-refractivity contribution in [1.82, 2.24) is 5.32 Å². The molecule has 8 heteroatoms. The number of carboxylic acids is 1. The number of carbonyl (C=O) groups is 2. The van der Waals surface area contributed by atoms with Gasteiger partial charge in [-0.15, -0.1) is 0 Å². The molecule has 3 aromatic carbocycles. The van der Waals surface area contributed by atoms with Gasteiger partial charge in [-0.1, -0.05) is 66.7 Å². The summed E-state index contributed by atoms with van der Waals surface area (Å²) in [6.45, 7) is -0.313. The minimum absolute atomic E-state index is 0.0501. The topological polar surface area (TPSA) is 75.6 Å². The van der Waals surface area contributed by atoms with Crippen molar-refractivity contribution in [3.05, 3.63) is 95.1 Å². The van der Waals surface area contributed by atoms with E-state index in [1.165, 1.54) is 18.2 Å². The average Bonchev–Trinajstić information content (AvgIpc) is 3.13. The van der Waals surface area contributed by atoms with Crippen molar-refractivity contribution in [2.24, 2.45) is 5.92 Å². The van der Waals surface area contributed by atoms with Crippen molar-refractivity contribution in [1.29, 1.82) is 0 Å². The molecule has 1 aliphatic rings. The van der Waals surface area contributed by atoms with E-state index in [1.54, 1.807) is 0 Å². The number of rotatable bonds is 7. The van der Waals surface area contributed by atoms with Gasteiger partial charge in [0.05, 0.1) is 11.5 Å². The van der Waals surface area contributed by atoms with Gasteiger partial charge in [0, 0.05) is 12.5 Å². The lowest BCUT2D eigenvalue weighted by molar-refractivity contribution is -0.143. The summed E-state index contributed by atoms with van der Waals surface area (Å²) >= 11 is 0. The summed E-state index contributed by atoms with van der Waals surface area (Å²) in [5.41, 5.74) is 3.18. The van der Waals surface area contributed by atoms with Crippen LogP contribution in [0, 0.1) is 5.92 Å². The molecule has 0 fully saturated rings. The van der Waals surface area contributed by atoms with E-state index in [0.717, 1.165) is 28.3 Å². The molecule has 0 spiro atoms. The molecule has 3 aromatic rings. The predicted molar refractivity (Wildman–Crippen MR) is 119 cm³/mol. The number of amides is 1. The number of hydrogen-bond acceptors (Lipinski definition) is 3. The monoisotopic (exact) mass is 469 g/mol. The highest BCUT2D eigenvalue weighted by Crippen LogP contribution is 2.44. The number of fused-ring (bicyclic) bond motifs is 3. The lowest BCUT2D eigenvalue weighted by Gasteiger charge is -2.18. The van der Waals surface area contributed by atoms with E-state index >= 15 is 0 Å². The van der Waals surface area contributed by atoms with Gasteiger partial charge in [0.15, 0.2) is 0 Å². The van der Waals surface area contributed by atoms with Crippen LogP contribution in [-0.4, -0.2) is 30.3 Å². The van der Waals surface area contributed by atoms with E-state index in [2.05, 4.69) is 5.32 Å². The molecular formula is C26H22F3NO4. The second-order valence-corrected chi connectivity index (χ2v) is 8.10. The van der Waals surface area contributed by atoms with Gasteiger partial charge in [-0.3, -0.25) is 4.79 Å². The highest BCUT2D eigenvalue weighted by atomic mass is 19.4. The number of hydrogen-bond donors (Lipinski definition) is 2. The largest absolute Gasteiger partial charge is 0.481 e. The first-order valence-electron chi connectivity index (χ1n) is 10.7. The molecule has 0 radical (unpaired) electrons. The van der Waals surface area contributed by atoms with Gasteiger partial charge in [-0.2, -0.15) is 13.2 Å². The standard InChI is InChI=1S/C26H22F3NO4/c27-26(28,29)23-12-6-1-7-16(23)13-17(24(31)32)14-30-25(33)34-15-22-20-10-4-2-8-18(20)19-9-3-5-11-21(19)22/h1-12,17,22H,13-15H2,(H,30,33)(H,31,32)/t17-/m0/s1. The number of nitrogens with one attached hydrogen (secondary N) is 1. The lowest BCUT2D eigenvalue weighted by atomic mass is 9.95. The third-order valence-corrected chi connectivity index (χ3v) is 5.97. The van der Waals surface area contributed by atoms with E-state index in [0.29, 0.717) is 0 Å². The van der Waals surface area contributed by atoms with Crippen molar-refractivity contribution < 1.29 is 32.6 Å². The van der Waals surface area contributed by atoms with Crippen LogP contribution in [-0.2, 0) is 22.1 Å². The minimum Gasteiger partial charge on any atom is -0.481 e. The van der Waals surface area contributed by atoms with Crippen LogP contribution in [0.3, 0.4) is 0 Å². The molecule has 1 atom stereocenters. The normalized spacial score (nSPS) is 13.6. The van der Waals surface area contributed by atoms with Crippen LogP contribution in [0.25, 0.3) is 11.1 Å². The number of alkyl halides is 3. The van der Waals surface area contributed by atoms with E-state index in [-0.39, 0.29) is 31.1 Å². The molecule has 0 heterocycles. The summed E-state index contributed by atoms with van der Waals surface area (Å²) < 4.78 is 45.1. The van der Waals surface area contributed by atoms with E-state index in [9.17, 15) is 27.9 Å². The maximum Gasteiger partial charge on any atom is 0.416 e. The predicted octanol–water partition coefficient (Wildman–Crippen LogP) is 5.49. The number of ether oxygens (including phenoxy) is 1. The SMILES string of the molecule is O=C(NC[C@H](Cc1ccccc1C(F)(F)F)C(=O)O)OCC1c2ccccc2-c2ccccc21. The van der Waals surface area contributed by atoms with Crippen LogP contribution in [0.2, 0.25) is 0 Å². The molecular weight excluding hydrogens is 447 g/mol. The van der Waals surface area contributed by atoms with Gasteiger partial charge in [-0.25, -0.2) is 4.79 Å². The van der Waals surface area contributed by atoms with Gasteiger partial charge in [-0.05, 0) is 40.3 Å². The van der Waals surface area contributed by atoms with Crippen molar-refractivity contribution in [3.8, 4) is 11.1 Å². The Kier molecular flexibility index (Phi) is 6.58. The summed E-state index contributed by atoms with van der Waals surface area (Å²) in [5, 5.41) is 11.9. The number of benzene rings is 3. The Bertz CT molecular complexity index is 1160. The zero-order valence-corrected chi connectivity index (χ0v) is 18.0. The van der Waals surface area contributed by atoms with Crippen molar-refractivity contribution in [2.75, 3.05) is 13.2 Å². The van der Waals surface area contributed by atoms with Crippen LogP contribution >= 0.6 is 0 Å². The summed E-state index contributed by atoms with van der Waals surface area (Å²) in [4.78, 5) is 24.0. The molecule has 2 N–H and O–H groups in total. The number of aliphatic carboxylic acids is 1. The smallest absolute Gasteiger partial charge is 0.416 e. The summed E-state index contributed by atoms with van der Waals surface area (Å²) in [5.74, 6) is -2.72. The molecule has 176 valence electrons. The molecule has 4 rings (SSSR count). The fraction of sp³-hybridized carbons (Fsp3) is 0.231. The molecule has 0 bridgehead atoms. The first-order valence-corrected chi connectivity index (χ1v) is 10.7. The quantitative estimate of drug-likeness (QED) is 0.480. The van der Waals surface area contributed by atoms with Crippen molar-refractivity contribution in [3.63, 3.8) is 0 Å². The van der Waals surface area contributed by atoms with Gasteiger partial charge >= 0.3 is 18.2 Å². The van der Waals surface area contributed by atoms with Gasteiger partial charge in [0.2, 0.25) is 0 Å². The second kappa shape index (κ2) is 9.59. The molecule has 0 unspecified atom stereocenters. The summed E-state index contributed by atoms with van der Waals surface area (Å²) in [6.07, 6.45) is -5.80. The first kappa shape index (κ1) is 23.4. The Hall–Kier alpha value is -3.81. The number of carbonyl (C=O) groups excluding carboxylic acids is 1. The molecule has 1 aliphatic carbocycles. The Morgan fingerprint density at radius 1 is 0.912 bits per heavy atom. The Morgan fingerprint density at radius 3 is 2.06 bits per heavy atom. The Morgan fingerprint density at radius 2 is 1.47 bits per heavy atom. The third kappa shape index (κ3) is 4.90. The average molecular weight is 469 g/mol. The minimum atomic E-state index is -4.60. The molecule has 0 aliphatic heterocycles. The number of halogens is 3. The fourth-order valence-electron chi connectivity index (χ4n) is 4.34. The fourth-order valence-corrected chi connectivity index (χ4v) is 4.34. The van der Waals surface area contributed by atoms with Crippen LogP contribution in [0.4, 0.5) is 18.0 Å². The van der Waals surface area contributed by atoms with Crippen LogP contribution in [0.5, 0.6) is 0 Å². The first-order chi connectivity index (χ1) is 16.3. The maximum absolute atomic E-state index is 13.2. The Labute approximate surface area is 194 Å². The maximum atomic E-state index is 13.2. The van der Waals surface area contributed by atoms with E-state index in [4.69, 9.17) is 4.74 Å². The van der Waals surface area contributed by atoms with E-state index in [1.807, 2.05) is 48.5 Å². The molecule has 0 saturated heterocycles.